The molecule has 0 heterocycles. The molecule has 2 radical (unpaired) electrons. The Morgan fingerprint density at radius 2 is 0.529 bits per heavy atom. The average molecular weight is 622 g/mol. The van der Waals surface area contributed by atoms with Gasteiger partial charge in [-0.2, -0.15) is 0 Å². The van der Waals surface area contributed by atoms with E-state index in [4.69, 9.17) is 57.7 Å². The molecule has 0 rings (SSSR count). The molecule has 0 aliphatic rings. The van der Waals surface area contributed by atoms with Gasteiger partial charge in [-0.15, -0.1) is 0 Å². The fraction of sp³-hybridized carbons (Fsp3) is 0. The zero-order valence-corrected chi connectivity index (χ0v) is 13.3. The van der Waals surface area contributed by atoms with Gasteiger partial charge in [-0.05, 0) is 0 Å². The molecule has 0 spiro atoms. The molecule has 0 aliphatic heterocycles. The van der Waals surface area contributed by atoms with E-state index < -0.39 is 23.5 Å². The van der Waals surface area contributed by atoms with Crippen LogP contribution in [0.5, 0.6) is 0 Å². The Bertz CT molecular complexity index is 206. The maximum Gasteiger partial charge on any atom is 3.00 e. The van der Waals surface area contributed by atoms with E-state index in [1.807, 2.05) is 0 Å². The van der Waals surface area contributed by atoms with E-state index >= 15 is 0 Å². The van der Waals surface area contributed by atoms with Gasteiger partial charge < -0.3 is 57.7 Å². The molecule has 0 fully saturated rings. The molecule has 0 atom stereocenters. The molecule has 0 unspecified atom stereocenters. The fourth-order valence-corrected chi connectivity index (χ4v) is 0. The van der Waals surface area contributed by atoms with Crippen molar-refractivity contribution < 1.29 is 132 Å². The number of rotatable bonds is 0. The van der Waals surface area contributed by atoms with Gasteiger partial charge in [0.1, 0.15) is 0 Å². The van der Waals surface area contributed by atoms with Crippen molar-refractivity contribution in [1.82, 2.24) is 0 Å². The van der Waals surface area contributed by atoms with Gasteiger partial charge in [0.15, 0.2) is 0 Å². The average Bonchev–Trinajstić information content (AvgIpc) is 1.41. The standard InChI is InChI=1S/2Er.3H3O4P/c;;3*1-5(2,3)4/h;;3*(H3,1,2,3,4)/q2*+3;;;/p-6. The van der Waals surface area contributed by atoms with Crippen LogP contribution < -0.4 is 29.4 Å². The predicted molar refractivity (Wildman–Crippen MR) is 29.5 cm³/mol. The molecule has 0 saturated carbocycles. The van der Waals surface area contributed by atoms with E-state index in [1.165, 1.54) is 0 Å². The maximum atomic E-state index is 8.66. The van der Waals surface area contributed by atoms with E-state index in [1.54, 1.807) is 0 Å². The largest absolute Gasteiger partial charge is 3.00 e. The zero-order valence-electron chi connectivity index (χ0n) is 6.93. The van der Waals surface area contributed by atoms with Gasteiger partial charge >= 0.3 is 74.6 Å². The van der Waals surface area contributed by atoms with Crippen molar-refractivity contribution in [1.29, 1.82) is 0 Å². The Morgan fingerprint density at radius 1 is 0.529 bits per heavy atom. The molecule has 3 N–H and O–H groups in total. The fourth-order valence-electron chi connectivity index (χ4n) is 0. The first kappa shape index (κ1) is 32.0. The van der Waals surface area contributed by atoms with Crippen molar-refractivity contribution >= 4 is 23.5 Å². The second kappa shape index (κ2) is 13.8. The molecular formula is H3Er2O12P3. The van der Waals surface area contributed by atoms with Crippen molar-refractivity contribution in [2.45, 2.75) is 0 Å². The van der Waals surface area contributed by atoms with Gasteiger partial charge in [0.05, 0.1) is 23.5 Å². The first-order chi connectivity index (χ1) is 6.00. The summed E-state index contributed by atoms with van der Waals surface area (Å²) < 4.78 is 26.0. The Balaban J connectivity index is -0.0000000400. The van der Waals surface area contributed by atoms with Crippen LogP contribution in [-0.2, 0) is 13.7 Å². The van der Waals surface area contributed by atoms with Crippen molar-refractivity contribution in [3.8, 4) is 0 Å². The number of hydrogen-bond donors (Lipinski definition) is 3. The van der Waals surface area contributed by atoms with Crippen molar-refractivity contribution in [3.63, 3.8) is 0 Å². The van der Waals surface area contributed by atoms with Crippen LogP contribution in [0.4, 0.5) is 0 Å². The summed E-state index contributed by atoms with van der Waals surface area (Å²) in [5.74, 6) is 0. The quantitative estimate of drug-likeness (QED) is 0.213. The monoisotopic (exact) mass is 620 g/mol. The molecule has 114 valence electrons. The van der Waals surface area contributed by atoms with Crippen molar-refractivity contribution in [2.75, 3.05) is 0 Å². The minimum absolute atomic E-state index is 0. The third kappa shape index (κ3) is 668. The van der Waals surface area contributed by atoms with Crippen LogP contribution in [0.2, 0.25) is 0 Å². The molecule has 0 aromatic heterocycles. The number of hydrogen-bond acceptors (Lipinski definition) is 9. The van der Waals surface area contributed by atoms with Gasteiger partial charge in [-0.3, -0.25) is 0 Å². The van der Waals surface area contributed by atoms with Crippen LogP contribution in [0.1, 0.15) is 0 Å². The summed E-state index contributed by atoms with van der Waals surface area (Å²) in [5.41, 5.74) is 0. The Kier molecular flexibility index (Phi) is 25.9. The first-order valence-electron chi connectivity index (χ1n) is 2.24. The first-order valence-corrected chi connectivity index (χ1v) is 6.73. The Morgan fingerprint density at radius 3 is 0.529 bits per heavy atom. The zero-order chi connectivity index (χ0) is 13.5. The molecule has 0 aromatic carbocycles. The van der Waals surface area contributed by atoms with Gasteiger partial charge in [0, 0.05) is 0 Å². The van der Waals surface area contributed by atoms with Gasteiger partial charge in [-0.25, -0.2) is 0 Å². The maximum absolute atomic E-state index is 8.66. The topological polar surface area (TPSA) is 250 Å². The summed E-state index contributed by atoms with van der Waals surface area (Å²) in [6.45, 7) is 0. The van der Waals surface area contributed by atoms with Crippen LogP contribution in [0.3, 0.4) is 0 Å². The van der Waals surface area contributed by atoms with E-state index in [-0.39, 0.29) is 74.6 Å². The molecule has 12 nitrogen and oxygen atoms in total. The van der Waals surface area contributed by atoms with Crippen LogP contribution in [0.15, 0.2) is 0 Å². The molecule has 0 aliphatic carbocycles. The van der Waals surface area contributed by atoms with E-state index in [0.717, 1.165) is 0 Å². The molecule has 0 amide bonds. The van der Waals surface area contributed by atoms with Crippen molar-refractivity contribution in [3.05, 3.63) is 0 Å². The summed E-state index contributed by atoms with van der Waals surface area (Å²) in [4.78, 5) is 72.9. The van der Waals surface area contributed by atoms with Crippen LogP contribution in [0.25, 0.3) is 0 Å². The molecule has 17 heteroatoms. The van der Waals surface area contributed by atoms with E-state index in [0.29, 0.717) is 0 Å². The molecule has 0 aromatic rings. The van der Waals surface area contributed by atoms with Gasteiger partial charge in [-0.1, -0.05) is 0 Å². The number of phosphoric acid groups is 3. The summed E-state index contributed by atoms with van der Waals surface area (Å²) in [7, 11) is -15.4. The minimum atomic E-state index is -5.14. The Labute approximate surface area is 154 Å². The van der Waals surface area contributed by atoms with E-state index in [2.05, 4.69) is 0 Å². The van der Waals surface area contributed by atoms with Gasteiger partial charge in [0.25, 0.3) is 0 Å². The second-order valence-corrected chi connectivity index (χ2v) is 4.22. The third-order valence-electron chi connectivity index (χ3n) is 0. The van der Waals surface area contributed by atoms with Gasteiger partial charge in [0.2, 0.25) is 0 Å². The summed E-state index contributed by atoms with van der Waals surface area (Å²) >= 11 is 0. The minimum Gasteiger partial charge on any atom is -0.790 e. The summed E-state index contributed by atoms with van der Waals surface area (Å²) in [6.07, 6.45) is 0. The predicted octanol–water partition coefficient (Wildman–Crippen LogP) is -6.58. The van der Waals surface area contributed by atoms with Crippen molar-refractivity contribution in [2.24, 2.45) is 0 Å². The molecular weight excluding hydrogens is 619 g/mol. The van der Waals surface area contributed by atoms with Crippen LogP contribution in [-0.4, -0.2) is 14.7 Å². The van der Waals surface area contributed by atoms with Crippen LogP contribution >= 0.6 is 23.5 Å². The smallest absolute Gasteiger partial charge is 0.790 e. The molecule has 0 saturated heterocycles. The second-order valence-electron chi connectivity index (χ2n) is 1.41. The SMILES string of the molecule is O=P([O-])([O-])O.O=P([O-])([O-])O.O=P([O-])([O-])O.[Er+3].[Er+3]. The van der Waals surface area contributed by atoms with E-state index in [9.17, 15) is 0 Å². The molecule has 17 heavy (non-hydrogen) atoms. The summed E-state index contributed by atoms with van der Waals surface area (Å²) in [6, 6.07) is 0. The molecule has 0 bridgehead atoms. The third-order valence-corrected chi connectivity index (χ3v) is 0. The normalized spacial score (nSPS) is 10.4. The Hall–Kier alpha value is 2.82. The van der Waals surface area contributed by atoms with Crippen LogP contribution in [0, 0.1) is 74.6 Å². The summed E-state index contributed by atoms with van der Waals surface area (Å²) in [5, 5.41) is 0.